The summed E-state index contributed by atoms with van der Waals surface area (Å²) in [5.74, 6) is 1.26. The van der Waals surface area contributed by atoms with Crippen molar-refractivity contribution in [1.29, 1.82) is 0 Å². The number of carbonyl (C=O) groups excluding carboxylic acids is 1. The molecule has 0 N–H and O–H groups in total. The van der Waals surface area contributed by atoms with Crippen LogP contribution in [-0.4, -0.2) is 33.5 Å². The lowest BCUT2D eigenvalue weighted by Gasteiger charge is -2.24. The van der Waals surface area contributed by atoms with Crippen LogP contribution in [0.1, 0.15) is 30.5 Å². The number of likely N-dealkylation sites (tertiary alicyclic amines) is 1. The van der Waals surface area contributed by atoms with Gasteiger partial charge in [-0.2, -0.15) is 0 Å². The average molecular weight is 367 g/mol. The predicted octanol–water partition coefficient (Wildman–Crippen LogP) is 2.58. The smallest absolute Gasteiger partial charge is 0.261 e. The summed E-state index contributed by atoms with van der Waals surface area (Å²) in [4.78, 5) is 31.1. The van der Waals surface area contributed by atoms with E-state index in [0.29, 0.717) is 12.3 Å². The molecule has 1 aliphatic rings. The van der Waals surface area contributed by atoms with Crippen LogP contribution in [0, 0.1) is 6.92 Å². The Bertz CT molecular complexity index is 1050. The van der Waals surface area contributed by atoms with Crippen molar-refractivity contribution in [3.63, 3.8) is 0 Å². The third-order valence-electron chi connectivity index (χ3n) is 4.97. The number of para-hydroxylation sites is 2. The molecule has 0 bridgehead atoms. The molecule has 4 rings (SSSR count). The number of imidazole rings is 1. The molecule has 27 heavy (non-hydrogen) atoms. The standard InChI is InChI=1S/C20H21N3O4/c1-13-10-17(24)18(11-26-13)27-12-19(25)23-9-5-8-16(23)20-21-14-6-3-4-7-15(14)22(20)2/h3-4,6-7,10-11,16H,5,8-9,12H2,1-2H3/t16-/m1/s1. The van der Waals surface area contributed by atoms with Gasteiger partial charge in [-0.1, -0.05) is 12.1 Å². The monoisotopic (exact) mass is 367 g/mol. The van der Waals surface area contributed by atoms with E-state index in [0.717, 1.165) is 29.7 Å². The Kier molecular flexibility index (Phi) is 4.43. The highest BCUT2D eigenvalue weighted by Crippen LogP contribution is 2.32. The van der Waals surface area contributed by atoms with Crippen LogP contribution in [0.4, 0.5) is 0 Å². The first-order valence-corrected chi connectivity index (χ1v) is 8.97. The van der Waals surface area contributed by atoms with Gasteiger partial charge in [0.15, 0.2) is 6.61 Å². The van der Waals surface area contributed by atoms with Crippen molar-refractivity contribution in [2.75, 3.05) is 13.2 Å². The SMILES string of the molecule is Cc1cc(=O)c(OCC(=O)N2CCC[C@@H]2c2nc3ccccc3n2C)co1. The van der Waals surface area contributed by atoms with E-state index < -0.39 is 0 Å². The molecule has 0 unspecified atom stereocenters. The first-order valence-electron chi connectivity index (χ1n) is 8.97. The molecule has 1 atom stereocenters. The van der Waals surface area contributed by atoms with E-state index >= 15 is 0 Å². The predicted molar refractivity (Wildman–Crippen MR) is 99.6 cm³/mol. The van der Waals surface area contributed by atoms with Gasteiger partial charge in [0, 0.05) is 19.7 Å². The van der Waals surface area contributed by atoms with Crippen molar-refractivity contribution >= 4 is 16.9 Å². The highest BCUT2D eigenvalue weighted by molar-refractivity contribution is 5.79. The first-order chi connectivity index (χ1) is 13.0. The first kappa shape index (κ1) is 17.3. The Morgan fingerprint density at radius 2 is 2.19 bits per heavy atom. The number of rotatable bonds is 4. The third kappa shape index (κ3) is 3.20. The van der Waals surface area contributed by atoms with Crippen LogP contribution >= 0.6 is 0 Å². The molecule has 3 heterocycles. The lowest BCUT2D eigenvalue weighted by molar-refractivity contribution is -0.134. The zero-order valence-corrected chi connectivity index (χ0v) is 15.3. The van der Waals surface area contributed by atoms with Crippen molar-refractivity contribution in [1.82, 2.24) is 14.5 Å². The number of hydrogen-bond acceptors (Lipinski definition) is 5. The van der Waals surface area contributed by atoms with Gasteiger partial charge in [0.1, 0.15) is 17.8 Å². The van der Waals surface area contributed by atoms with E-state index in [2.05, 4.69) is 0 Å². The molecule has 1 aliphatic heterocycles. The molecular formula is C20H21N3O4. The van der Waals surface area contributed by atoms with E-state index in [9.17, 15) is 9.59 Å². The van der Waals surface area contributed by atoms with Gasteiger partial charge in [0.2, 0.25) is 11.2 Å². The quantitative estimate of drug-likeness (QED) is 0.708. The second kappa shape index (κ2) is 6.90. The number of aryl methyl sites for hydroxylation is 2. The van der Waals surface area contributed by atoms with E-state index in [1.165, 1.54) is 12.3 Å². The third-order valence-corrected chi connectivity index (χ3v) is 4.97. The summed E-state index contributed by atoms with van der Waals surface area (Å²) in [6.07, 6.45) is 3.01. The molecule has 1 fully saturated rings. The fourth-order valence-corrected chi connectivity index (χ4v) is 3.62. The number of amides is 1. The fourth-order valence-electron chi connectivity index (χ4n) is 3.62. The van der Waals surface area contributed by atoms with Crippen molar-refractivity contribution in [3.8, 4) is 5.75 Å². The normalized spacial score (nSPS) is 16.8. The van der Waals surface area contributed by atoms with Crippen LogP contribution in [-0.2, 0) is 11.8 Å². The minimum absolute atomic E-state index is 0.0485. The number of benzene rings is 1. The van der Waals surface area contributed by atoms with E-state index in [1.807, 2.05) is 35.9 Å². The van der Waals surface area contributed by atoms with Gasteiger partial charge in [-0.05, 0) is 31.9 Å². The minimum Gasteiger partial charge on any atom is -0.477 e. The topological polar surface area (TPSA) is 77.6 Å². The van der Waals surface area contributed by atoms with Gasteiger partial charge in [0.05, 0.1) is 17.1 Å². The minimum atomic E-state index is -0.292. The number of nitrogens with zero attached hydrogens (tertiary/aromatic N) is 3. The summed E-state index contributed by atoms with van der Waals surface area (Å²) in [7, 11) is 1.97. The molecule has 0 aliphatic carbocycles. The van der Waals surface area contributed by atoms with Gasteiger partial charge in [-0.25, -0.2) is 4.98 Å². The fraction of sp³-hybridized carbons (Fsp3) is 0.350. The van der Waals surface area contributed by atoms with E-state index in [4.69, 9.17) is 14.1 Å². The molecule has 0 saturated carbocycles. The Hall–Kier alpha value is -3.09. The van der Waals surface area contributed by atoms with Crippen LogP contribution in [0.5, 0.6) is 5.75 Å². The largest absolute Gasteiger partial charge is 0.477 e. The van der Waals surface area contributed by atoms with Crippen LogP contribution in [0.3, 0.4) is 0 Å². The molecule has 3 aromatic rings. The van der Waals surface area contributed by atoms with Crippen molar-refractivity contribution in [2.24, 2.45) is 7.05 Å². The molecule has 0 spiro atoms. The van der Waals surface area contributed by atoms with Crippen LogP contribution in [0.25, 0.3) is 11.0 Å². The Morgan fingerprint density at radius 1 is 1.37 bits per heavy atom. The molecule has 1 aromatic carbocycles. The zero-order valence-electron chi connectivity index (χ0n) is 15.3. The molecule has 1 amide bonds. The van der Waals surface area contributed by atoms with Crippen LogP contribution < -0.4 is 10.2 Å². The summed E-state index contributed by atoms with van der Waals surface area (Å²) >= 11 is 0. The summed E-state index contributed by atoms with van der Waals surface area (Å²) in [5.41, 5.74) is 1.67. The van der Waals surface area contributed by atoms with Gasteiger partial charge in [-0.3, -0.25) is 9.59 Å². The highest BCUT2D eigenvalue weighted by atomic mass is 16.5. The van der Waals surface area contributed by atoms with Crippen LogP contribution in [0.15, 0.2) is 45.8 Å². The number of aromatic nitrogens is 2. The molecule has 0 radical (unpaired) electrons. The molecular weight excluding hydrogens is 346 g/mol. The summed E-state index contributed by atoms with van der Waals surface area (Å²) in [6, 6.07) is 9.18. The maximum atomic E-state index is 12.7. The molecule has 140 valence electrons. The van der Waals surface area contributed by atoms with Gasteiger partial charge in [-0.15, -0.1) is 0 Å². The second-order valence-electron chi connectivity index (χ2n) is 6.77. The van der Waals surface area contributed by atoms with Crippen molar-refractivity contribution in [2.45, 2.75) is 25.8 Å². The Morgan fingerprint density at radius 3 is 2.96 bits per heavy atom. The number of carbonyl (C=O) groups is 1. The van der Waals surface area contributed by atoms with Crippen molar-refractivity contribution in [3.05, 3.63) is 58.4 Å². The molecule has 2 aromatic heterocycles. The highest BCUT2D eigenvalue weighted by Gasteiger charge is 2.33. The lowest BCUT2D eigenvalue weighted by Crippen LogP contribution is -2.35. The summed E-state index contributed by atoms with van der Waals surface area (Å²) < 4.78 is 12.6. The number of hydrogen-bond donors (Lipinski definition) is 0. The molecule has 7 nitrogen and oxygen atoms in total. The Labute approximate surface area is 156 Å². The number of fused-ring (bicyclic) bond motifs is 1. The zero-order chi connectivity index (χ0) is 19.0. The van der Waals surface area contributed by atoms with Gasteiger partial charge in [0.25, 0.3) is 5.91 Å². The Balaban J connectivity index is 1.52. The lowest BCUT2D eigenvalue weighted by atomic mass is 10.2. The second-order valence-corrected chi connectivity index (χ2v) is 6.77. The maximum absolute atomic E-state index is 12.7. The van der Waals surface area contributed by atoms with Crippen molar-refractivity contribution < 1.29 is 13.9 Å². The summed E-state index contributed by atoms with van der Waals surface area (Å²) in [5, 5.41) is 0. The maximum Gasteiger partial charge on any atom is 0.261 e. The van der Waals surface area contributed by atoms with E-state index in [1.54, 1.807) is 11.8 Å². The molecule has 7 heteroatoms. The van der Waals surface area contributed by atoms with E-state index in [-0.39, 0.29) is 29.7 Å². The van der Waals surface area contributed by atoms with Crippen LogP contribution in [0.2, 0.25) is 0 Å². The number of ether oxygens (including phenoxy) is 1. The van der Waals surface area contributed by atoms with Gasteiger partial charge < -0.3 is 18.6 Å². The average Bonchev–Trinajstić information content (AvgIpc) is 3.26. The summed E-state index contributed by atoms with van der Waals surface area (Å²) in [6.45, 7) is 2.13. The van der Waals surface area contributed by atoms with Gasteiger partial charge >= 0.3 is 0 Å². The molecule has 1 saturated heterocycles.